The van der Waals surface area contributed by atoms with Gasteiger partial charge in [-0.05, 0) is 36.6 Å². The minimum atomic E-state index is 0.000283. The standard InChI is InChI=1S/C22H25N3O2/c1-26-17-11-9-16(10-12-17)21(18-6-3-4-8-20(18)27-2)24-19-7-5-14-25-15-13-23-22(19)25/h3-4,6,8-13,15,19,21,24H,5,7,14H2,1-2H3. The number of fused-ring (bicyclic) bond motifs is 1. The highest BCUT2D eigenvalue weighted by atomic mass is 16.5. The summed E-state index contributed by atoms with van der Waals surface area (Å²) < 4.78 is 13.2. The molecule has 4 rings (SSSR count). The summed E-state index contributed by atoms with van der Waals surface area (Å²) in [5, 5.41) is 3.84. The van der Waals surface area contributed by atoms with Crippen molar-refractivity contribution in [3.05, 3.63) is 77.9 Å². The minimum Gasteiger partial charge on any atom is -0.497 e. The van der Waals surface area contributed by atoms with Crippen LogP contribution >= 0.6 is 0 Å². The molecule has 1 aliphatic heterocycles. The Labute approximate surface area is 160 Å². The average molecular weight is 363 g/mol. The summed E-state index contributed by atoms with van der Waals surface area (Å²) in [6, 6.07) is 16.6. The second-order valence-electron chi connectivity index (χ2n) is 6.79. The van der Waals surface area contributed by atoms with E-state index in [1.54, 1.807) is 14.2 Å². The van der Waals surface area contributed by atoms with Gasteiger partial charge in [-0.3, -0.25) is 5.32 Å². The highest BCUT2D eigenvalue weighted by Crippen LogP contribution is 2.34. The Balaban J connectivity index is 1.72. The zero-order chi connectivity index (χ0) is 18.6. The summed E-state index contributed by atoms with van der Waals surface area (Å²) in [6.45, 7) is 1.04. The topological polar surface area (TPSA) is 48.3 Å². The summed E-state index contributed by atoms with van der Waals surface area (Å²) in [6.07, 6.45) is 6.16. The fourth-order valence-electron chi connectivity index (χ4n) is 3.84. The fraction of sp³-hybridized carbons (Fsp3) is 0.318. The zero-order valence-electron chi connectivity index (χ0n) is 15.8. The molecule has 0 bridgehead atoms. The molecule has 27 heavy (non-hydrogen) atoms. The molecule has 140 valence electrons. The Hall–Kier alpha value is -2.79. The molecule has 1 N–H and O–H groups in total. The van der Waals surface area contributed by atoms with Gasteiger partial charge in [0.2, 0.25) is 0 Å². The number of aryl methyl sites for hydroxylation is 1. The molecule has 1 aromatic heterocycles. The second-order valence-corrected chi connectivity index (χ2v) is 6.79. The normalized spacial score (nSPS) is 17.2. The molecule has 3 aromatic rings. The molecular formula is C22H25N3O2. The van der Waals surface area contributed by atoms with E-state index in [2.05, 4.69) is 45.3 Å². The van der Waals surface area contributed by atoms with Crippen molar-refractivity contribution >= 4 is 0 Å². The molecule has 0 fully saturated rings. The van der Waals surface area contributed by atoms with Crippen molar-refractivity contribution in [2.24, 2.45) is 0 Å². The summed E-state index contributed by atoms with van der Waals surface area (Å²) in [5.41, 5.74) is 2.29. The molecule has 1 aliphatic rings. The first-order chi connectivity index (χ1) is 13.3. The van der Waals surface area contributed by atoms with E-state index < -0.39 is 0 Å². The first-order valence-corrected chi connectivity index (χ1v) is 9.34. The monoisotopic (exact) mass is 363 g/mol. The maximum absolute atomic E-state index is 5.65. The Bertz CT molecular complexity index is 889. The van der Waals surface area contributed by atoms with Crippen LogP contribution in [0, 0.1) is 0 Å². The van der Waals surface area contributed by atoms with Gasteiger partial charge >= 0.3 is 0 Å². The largest absolute Gasteiger partial charge is 0.497 e. The van der Waals surface area contributed by atoms with Gasteiger partial charge in [-0.15, -0.1) is 0 Å². The number of hydrogen-bond acceptors (Lipinski definition) is 4. The number of benzene rings is 2. The van der Waals surface area contributed by atoms with Gasteiger partial charge < -0.3 is 14.0 Å². The minimum absolute atomic E-state index is 0.000283. The lowest BCUT2D eigenvalue weighted by atomic mass is 9.95. The number of nitrogens with one attached hydrogen (secondary N) is 1. The lowest BCUT2D eigenvalue weighted by Gasteiger charge is -2.30. The van der Waals surface area contributed by atoms with Crippen molar-refractivity contribution in [2.75, 3.05) is 14.2 Å². The molecule has 0 aliphatic carbocycles. The van der Waals surface area contributed by atoms with Crippen LogP contribution in [0.15, 0.2) is 60.9 Å². The molecule has 0 amide bonds. The number of nitrogens with zero attached hydrogens (tertiary/aromatic N) is 2. The summed E-state index contributed by atoms with van der Waals surface area (Å²) >= 11 is 0. The van der Waals surface area contributed by atoms with Gasteiger partial charge in [0.05, 0.1) is 26.3 Å². The summed E-state index contributed by atoms with van der Waals surface area (Å²) in [7, 11) is 3.41. The van der Waals surface area contributed by atoms with Crippen LogP contribution in [0.4, 0.5) is 0 Å². The number of rotatable bonds is 6. The summed E-state index contributed by atoms with van der Waals surface area (Å²) in [4.78, 5) is 4.60. The van der Waals surface area contributed by atoms with E-state index in [4.69, 9.17) is 9.47 Å². The quantitative estimate of drug-likeness (QED) is 0.716. The molecule has 2 aromatic carbocycles. The van der Waals surface area contributed by atoms with Crippen molar-refractivity contribution in [3.63, 3.8) is 0 Å². The van der Waals surface area contributed by atoms with Crippen LogP contribution in [-0.2, 0) is 6.54 Å². The number of imidazole rings is 1. The molecule has 2 unspecified atom stereocenters. The van der Waals surface area contributed by atoms with Crippen molar-refractivity contribution in [2.45, 2.75) is 31.5 Å². The van der Waals surface area contributed by atoms with E-state index in [1.165, 1.54) is 5.56 Å². The van der Waals surface area contributed by atoms with Gasteiger partial charge in [0, 0.05) is 24.5 Å². The van der Waals surface area contributed by atoms with E-state index >= 15 is 0 Å². The lowest BCUT2D eigenvalue weighted by molar-refractivity contribution is 0.356. The van der Waals surface area contributed by atoms with Crippen LogP contribution < -0.4 is 14.8 Å². The van der Waals surface area contributed by atoms with Crippen LogP contribution in [0.5, 0.6) is 11.5 Å². The van der Waals surface area contributed by atoms with Crippen molar-refractivity contribution < 1.29 is 9.47 Å². The van der Waals surface area contributed by atoms with Crippen LogP contribution in [-0.4, -0.2) is 23.8 Å². The molecule has 2 heterocycles. The van der Waals surface area contributed by atoms with E-state index in [-0.39, 0.29) is 12.1 Å². The third-order valence-corrected chi connectivity index (χ3v) is 5.22. The van der Waals surface area contributed by atoms with Crippen molar-refractivity contribution in [1.29, 1.82) is 0 Å². The number of ether oxygens (including phenoxy) is 2. The third-order valence-electron chi connectivity index (χ3n) is 5.22. The van der Waals surface area contributed by atoms with Crippen LogP contribution in [0.2, 0.25) is 0 Å². The predicted molar refractivity (Wildman–Crippen MR) is 105 cm³/mol. The second kappa shape index (κ2) is 7.84. The molecule has 0 saturated heterocycles. The SMILES string of the molecule is COc1ccc(C(NC2CCCn3ccnc32)c2ccccc2OC)cc1. The van der Waals surface area contributed by atoms with Crippen LogP contribution in [0.25, 0.3) is 0 Å². The average Bonchev–Trinajstić information content (AvgIpc) is 3.22. The van der Waals surface area contributed by atoms with Crippen molar-refractivity contribution in [3.8, 4) is 11.5 Å². The van der Waals surface area contributed by atoms with Gasteiger partial charge in [0.1, 0.15) is 17.3 Å². The molecule has 0 spiro atoms. The van der Waals surface area contributed by atoms with E-state index in [9.17, 15) is 0 Å². The maximum Gasteiger partial charge on any atom is 0.125 e. The number of aromatic nitrogens is 2. The molecule has 5 heteroatoms. The molecule has 2 atom stereocenters. The first kappa shape index (κ1) is 17.6. The number of hydrogen-bond donors (Lipinski definition) is 1. The summed E-state index contributed by atoms with van der Waals surface area (Å²) in [5.74, 6) is 2.84. The zero-order valence-corrected chi connectivity index (χ0v) is 15.8. The van der Waals surface area contributed by atoms with Gasteiger partial charge in [-0.1, -0.05) is 30.3 Å². The maximum atomic E-state index is 5.65. The van der Waals surface area contributed by atoms with Gasteiger partial charge in [-0.2, -0.15) is 0 Å². The Morgan fingerprint density at radius 1 is 1.07 bits per heavy atom. The Kier molecular flexibility index (Phi) is 5.12. The first-order valence-electron chi connectivity index (χ1n) is 9.34. The van der Waals surface area contributed by atoms with Gasteiger partial charge in [0.25, 0.3) is 0 Å². The van der Waals surface area contributed by atoms with Gasteiger partial charge in [0.15, 0.2) is 0 Å². The van der Waals surface area contributed by atoms with E-state index in [0.29, 0.717) is 0 Å². The van der Waals surface area contributed by atoms with E-state index in [1.807, 2.05) is 30.5 Å². The lowest BCUT2D eigenvalue weighted by Crippen LogP contribution is -2.32. The molecule has 0 saturated carbocycles. The number of methoxy groups -OCH3 is 2. The highest BCUT2D eigenvalue weighted by Gasteiger charge is 2.27. The fourth-order valence-corrected chi connectivity index (χ4v) is 3.84. The molecule has 0 radical (unpaired) electrons. The van der Waals surface area contributed by atoms with E-state index in [0.717, 1.165) is 42.3 Å². The Morgan fingerprint density at radius 2 is 1.89 bits per heavy atom. The molecular weight excluding hydrogens is 338 g/mol. The molecule has 5 nitrogen and oxygen atoms in total. The van der Waals surface area contributed by atoms with Gasteiger partial charge in [-0.25, -0.2) is 4.98 Å². The van der Waals surface area contributed by atoms with Crippen LogP contribution in [0.1, 0.15) is 41.9 Å². The number of para-hydroxylation sites is 1. The highest BCUT2D eigenvalue weighted by molar-refractivity contribution is 5.43. The van der Waals surface area contributed by atoms with Crippen LogP contribution in [0.3, 0.4) is 0 Å². The Morgan fingerprint density at radius 3 is 2.67 bits per heavy atom. The van der Waals surface area contributed by atoms with Crippen molar-refractivity contribution in [1.82, 2.24) is 14.9 Å². The predicted octanol–water partition coefficient (Wildman–Crippen LogP) is 4.11. The smallest absolute Gasteiger partial charge is 0.125 e. The third kappa shape index (κ3) is 3.55.